The van der Waals surface area contributed by atoms with Gasteiger partial charge in [0.25, 0.3) is 0 Å². The summed E-state index contributed by atoms with van der Waals surface area (Å²) in [6, 6.07) is 18.5. The minimum absolute atomic E-state index is 0.228. The van der Waals surface area contributed by atoms with Gasteiger partial charge in [-0.15, -0.1) is 0 Å². The van der Waals surface area contributed by atoms with Gasteiger partial charge in [-0.05, 0) is 78.9 Å². The quantitative estimate of drug-likeness (QED) is 0.238. The van der Waals surface area contributed by atoms with Gasteiger partial charge in [-0.2, -0.15) is 5.26 Å². The number of aromatic nitrogens is 2. The molecule has 1 heterocycles. The molecular weight excluding hydrogens is 465 g/mol. The number of rotatable bonds is 7. The molecule has 0 spiro atoms. The Morgan fingerprint density at radius 2 is 1.84 bits per heavy atom. The smallest absolute Gasteiger partial charge is 0.139 e. The number of halogens is 1. The number of nitriles is 1. The molecular formula is C31H28FN3O2. The van der Waals surface area contributed by atoms with Gasteiger partial charge in [-0.25, -0.2) is 9.37 Å². The van der Waals surface area contributed by atoms with Gasteiger partial charge in [0, 0.05) is 22.8 Å². The summed E-state index contributed by atoms with van der Waals surface area (Å²) in [6.45, 7) is 4.32. The molecule has 1 saturated carbocycles. The van der Waals surface area contributed by atoms with Crippen LogP contribution in [0.4, 0.5) is 4.39 Å². The van der Waals surface area contributed by atoms with E-state index in [4.69, 9.17) is 9.72 Å². The largest absolute Gasteiger partial charge is 0.494 e. The van der Waals surface area contributed by atoms with Crippen molar-refractivity contribution in [1.82, 2.24) is 9.97 Å². The van der Waals surface area contributed by atoms with Crippen LogP contribution in [0.1, 0.15) is 44.2 Å². The summed E-state index contributed by atoms with van der Waals surface area (Å²) < 4.78 is 19.9. The lowest BCUT2D eigenvalue weighted by molar-refractivity contribution is 0.0810. The number of fused-ring (bicyclic) bond motifs is 6. The van der Waals surface area contributed by atoms with E-state index in [-0.39, 0.29) is 5.56 Å². The van der Waals surface area contributed by atoms with E-state index in [2.05, 4.69) is 29.3 Å². The van der Waals surface area contributed by atoms with Crippen LogP contribution in [0, 0.1) is 23.1 Å². The Balaban J connectivity index is 1.56. The number of ether oxygens (including phenoxy) is 1. The molecule has 0 radical (unpaired) electrons. The molecule has 186 valence electrons. The molecule has 0 amide bonds. The molecule has 6 heteroatoms. The Kier molecular flexibility index (Phi) is 5.62. The van der Waals surface area contributed by atoms with Crippen molar-refractivity contribution in [3.63, 3.8) is 0 Å². The van der Waals surface area contributed by atoms with Gasteiger partial charge in [0.05, 0.1) is 34.9 Å². The molecule has 1 fully saturated rings. The summed E-state index contributed by atoms with van der Waals surface area (Å²) in [5.41, 5.74) is 2.62. The molecule has 5 aromatic rings. The van der Waals surface area contributed by atoms with E-state index in [1.54, 1.807) is 19.9 Å². The second-order valence-corrected chi connectivity index (χ2v) is 10.8. The fourth-order valence-electron chi connectivity index (χ4n) is 5.14. The number of benzene rings is 4. The van der Waals surface area contributed by atoms with Crippen molar-refractivity contribution < 1.29 is 14.2 Å². The van der Waals surface area contributed by atoms with Crippen LogP contribution in [0.5, 0.6) is 5.75 Å². The number of aliphatic hydroxyl groups is 1. The predicted octanol–water partition coefficient (Wildman–Crippen LogP) is 7.04. The third-order valence-corrected chi connectivity index (χ3v) is 7.08. The van der Waals surface area contributed by atoms with Crippen LogP contribution in [-0.2, 0) is 6.42 Å². The second kappa shape index (κ2) is 8.86. The lowest BCUT2D eigenvalue weighted by atomic mass is 9.93. The Morgan fingerprint density at radius 3 is 2.59 bits per heavy atom. The van der Waals surface area contributed by atoms with Gasteiger partial charge in [0.2, 0.25) is 0 Å². The minimum atomic E-state index is -0.831. The van der Waals surface area contributed by atoms with E-state index in [0.29, 0.717) is 24.4 Å². The molecule has 1 aromatic heterocycles. The van der Waals surface area contributed by atoms with Crippen LogP contribution in [0.25, 0.3) is 44.0 Å². The molecule has 0 atom stereocenters. The Hall–Kier alpha value is -3.95. The van der Waals surface area contributed by atoms with Crippen LogP contribution in [0.2, 0.25) is 0 Å². The molecule has 0 unspecified atom stereocenters. The van der Waals surface area contributed by atoms with Gasteiger partial charge >= 0.3 is 0 Å². The summed E-state index contributed by atoms with van der Waals surface area (Å²) in [7, 11) is 0. The maximum absolute atomic E-state index is 13.8. The molecule has 2 N–H and O–H groups in total. The maximum atomic E-state index is 13.8. The van der Waals surface area contributed by atoms with Gasteiger partial charge in [0.15, 0.2) is 0 Å². The van der Waals surface area contributed by atoms with Crippen molar-refractivity contribution in [3.05, 3.63) is 71.5 Å². The summed E-state index contributed by atoms with van der Waals surface area (Å²) in [4.78, 5) is 8.31. The number of imidazole rings is 1. The summed E-state index contributed by atoms with van der Waals surface area (Å²) in [5.74, 6) is 1.69. The van der Waals surface area contributed by atoms with Crippen LogP contribution in [0.3, 0.4) is 0 Å². The zero-order valence-corrected chi connectivity index (χ0v) is 20.9. The van der Waals surface area contributed by atoms with Crippen molar-refractivity contribution in [2.45, 2.75) is 45.1 Å². The average molecular weight is 494 g/mol. The minimum Gasteiger partial charge on any atom is -0.494 e. The first-order chi connectivity index (χ1) is 17.8. The molecule has 6 rings (SSSR count). The Bertz CT molecular complexity index is 1700. The molecule has 1 aliphatic rings. The summed E-state index contributed by atoms with van der Waals surface area (Å²) in [6.07, 6.45) is 4.21. The standard InChI is InChI=1S/C31H28FN3O2/c1-31(2,36)16-19-5-8-24-26(13-19)27-15-22(37-12-11-18-3-4-18)7-10-25(27)29-28(24)34-30(35-29)23-9-6-21(32)14-20(23)17-33/h5-10,13-15,18,36H,3-4,11-12,16H2,1-2H3,(H,34,35). The van der Waals surface area contributed by atoms with Crippen LogP contribution >= 0.6 is 0 Å². The van der Waals surface area contributed by atoms with Crippen LogP contribution < -0.4 is 4.74 Å². The average Bonchev–Trinajstić information content (AvgIpc) is 3.58. The summed E-state index contributed by atoms with van der Waals surface area (Å²) in [5, 5.41) is 24.0. The first-order valence-corrected chi connectivity index (χ1v) is 12.7. The maximum Gasteiger partial charge on any atom is 0.139 e. The van der Waals surface area contributed by atoms with Gasteiger partial charge in [0.1, 0.15) is 17.4 Å². The van der Waals surface area contributed by atoms with Crippen molar-refractivity contribution in [2.75, 3.05) is 6.61 Å². The highest BCUT2D eigenvalue weighted by Crippen LogP contribution is 2.38. The molecule has 0 saturated heterocycles. The Morgan fingerprint density at radius 1 is 1.05 bits per heavy atom. The van der Waals surface area contributed by atoms with E-state index >= 15 is 0 Å². The number of nitrogens with zero attached hydrogens (tertiary/aromatic N) is 2. The molecule has 0 aliphatic heterocycles. The van der Waals surface area contributed by atoms with Crippen molar-refractivity contribution in [3.8, 4) is 23.2 Å². The molecule has 0 bridgehead atoms. The zero-order valence-electron chi connectivity index (χ0n) is 20.9. The highest BCUT2D eigenvalue weighted by molar-refractivity contribution is 6.24. The molecule has 1 aliphatic carbocycles. The highest BCUT2D eigenvalue weighted by atomic mass is 19.1. The predicted molar refractivity (Wildman–Crippen MR) is 144 cm³/mol. The molecule has 4 aromatic carbocycles. The zero-order chi connectivity index (χ0) is 25.7. The van der Waals surface area contributed by atoms with E-state index in [0.717, 1.165) is 56.2 Å². The van der Waals surface area contributed by atoms with Crippen molar-refractivity contribution in [1.29, 1.82) is 5.26 Å². The third kappa shape index (κ3) is 4.63. The van der Waals surface area contributed by atoms with E-state index < -0.39 is 11.4 Å². The first-order valence-electron chi connectivity index (χ1n) is 12.7. The number of hydrogen-bond acceptors (Lipinski definition) is 4. The van der Waals surface area contributed by atoms with Crippen molar-refractivity contribution in [2.24, 2.45) is 5.92 Å². The summed E-state index contributed by atoms with van der Waals surface area (Å²) >= 11 is 0. The lowest BCUT2D eigenvalue weighted by Gasteiger charge is -2.18. The van der Waals surface area contributed by atoms with E-state index in [1.807, 2.05) is 18.2 Å². The van der Waals surface area contributed by atoms with Crippen LogP contribution in [0.15, 0.2) is 54.6 Å². The van der Waals surface area contributed by atoms with Crippen LogP contribution in [-0.4, -0.2) is 27.3 Å². The lowest BCUT2D eigenvalue weighted by Crippen LogP contribution is -2.21. The topological polar surface area (TPSA) is 81.9 Å². The number of hydrogen-bond donors (Lipinski definition) is 2. The van der Waals surface area contributed by atoms with Gasteiger partial charge < -0.3 is 14.8 Å². The SMILES string of the molecule is CC(C)(O)Cc1ccc2c(c1)c1cc(OCCC3CC3)ccc1c1nc(-c3ccc(F)cc3C#N)[nH]c21. The Labute approximate surface area is 214 Å². The number of nitrogens with one attached hydrogen (secondary N) is 1. The second-order valence-electron chi connectivity index (χ2n) is 10.8. The van der Waals surface area contributed by atoms with Gasteiger partial charge in [-0.1, -0.05) is 31.0 Å². The third-order valence-electron chi connectivity index (χ3n) is 7.08. The van der Waals surface area contributed by atoms with Gasteiger partial charge in [-0.3, -0.25) is 0 Å². The van der Waals surface area contributed by atoms with E-state index in [1.165, 1.54) is 25.0 Å². The number of aromatic amines is 1. The highest BCUT2D eigenvalue weighted by Gasteiger charge is 2.21. The monoisotopic (exact) mass is 493 g/mol. The fraction of sp³-hybridized carbons (Fsp3) is 0.290. The molecule has 5 nitrogen and oxygen atoms in total. The van der Waals surface area contributed by atoms with Crippen molar-refractivity contribution >= 4 is 32.6 Å². The fourth-order valence-corrected chi connectivity index (χ4v) is 5.14. The first kappa shape index (κ1) is 23.4. The van der Waals surface area contributed by atoms with E-state index in [9.17, 15) is 14.8 Å². The number of H-pyrrole nitrogens is 1. The normalized spacial score (nSPS) is 13.9. The molecule has 37 heavy (non-hydrogen) atoms.